The average molecular weight is 377 g/mol. The van der Waals surface area contributed by atoms with Crippen LogP contribution in [0, 0.1) is 5.92 Å². The van der Waals surface area contributed by atoms with E-state index in [9.17, 15) is 4.79 Å². The normalized spacial score (nSPS) is 14.0. The molecule has 1 aliphatic carbocycles. The molecule has 0 saturated heterocycles. The lowest BCUT2D eigenvalue weighted by molar-refractivity contribution is 0.0945. The van der Waals surface area contributed by atoms with E-state index in [1.54, 1.807) is 12.1 Å². The monoisotopic (exact) mass is 376 g/mol. The lowest BCUT2D eigenvalue weighted by atomic mass is 10.1. The molecule has 140 valence electrons. The summed E-state index contributed by atoms with van der Waals surface area (Å²) in [5.41, 5.74) is 6.55. The van der Waals surface area contributed by atoms with Crippen molar-refractivity contribution in [2.45, 2.75) is 18.9 Å². The van der Waals surface area contributed by atoms with Crippen molar-refractivity contribution in [3.05, 3.63) is 60.2 Å². The molecule has 0 heterocycles. The second-order valence-electron chi connectivity index (χ2n) is 6.22. The molecule has 1 amide bonds. The third kappa shape index (κ3) is 5.93. The highest BCUT2D eigenvalue weighted by atomic mass is 35.5. The number of hydrogen-bond acceptors (Lipinski definition) is 4. The zero-order chi connectivity index (χ0) is 17.5. The number of ether oxygens (including phenoxy) is 2. The maximum absolute atomic E-state index is 12.4. The van der Waals surface area contributed by atoms with Crippen molar-refractivity contribution >= 4 is 18.3 Å². The van der Waals surface area contributed by atoms with Crippen molar-refractivity contribution in [2.24, 2.45) is 11.7 Å². The molecule has 0 aliphatic heterocycles. The number of rotatable bonds is 9. The summed E-state index contributed by atoms with van der Waals surface area (Å²) in [6, 6.07) is 16.8. The second-order valence-corrected chi connectivity index (χ2v) is 6.22. The molecule has 26 heavy (non-hydrogen) atoms. The van der Waals surface area contributed by atoms with Gasteiger partial charge in [-0.05, 0) is 43.0 Å². The summed E-state index contributed by atoms with van der Waals surface area (Å²) >= 11 is 0. The number of para-hydroxylation sites is 2. The van der Waals surface area contributed by atoms with Crippen molar-refractivity contribution in [1.82, 2.24) is 5.32 Å². The fraction of sp³-hybridized carbons (Fsp3) is 0.350. The Bertz CT molecular complexity index is 692. The van der Waals surface area contributed by atoms with E-state index >= 15 is 0 Å². The zero-order valence-corrected chi connectivity index (χ0v) is 15.4. The van der Waals surface area contributed by atoms with Crippen LogP contribution in [-0.4, -0.2) is 31.7 Å². The summed E-state index contributed by atoms with van der Waals surface area (Å²) in [6.07, 6.45) is 2.33. The van der Waals surface area contributed by atoms with E-state index < -0.39 is 0 Å². The Morgan fingerprint density at radius 2 is 1.69 bits per heavy atom. The predicted octanol–water partition coefficient (Wildman–Crippen LogP) is 3.03. The number of benzene rings is 2. The highest BCUT2D eigenvalue weighted by Crippen LogP contribution is 2.31. The van der Waals surface area contributed by atoms with Crippen LogP contribution in [0.2, 0.25) is 0 Å². The quantitative estimate of drug-likeness (QED) is 0.660. The smallest absolute Gasteiger partial charge is 0.255 e. The van der Waals surface area contributed by atoms with E-state index in [2.05, 4.69) is 5.32 Å². The number of amides is 1. The summed E-state index contributed by atoms with van der Waals surface area (Å²) in [5.74, 6) is 1.75. The minimum absolute atomic E-state index is 0. The summed E-state index contributed by atoms with van der Waals surface area (Å²) < 4.78 is 11.3. The van der Waals surface area contributed by atoms with Crippen LogP contribution in [0.1, 0.15) is 23.2 Å². The van der Waals surface area contributed by atoms with Crippen LogP contribution >= 0.6 is 12.4 Å². The molecule has 3 N–H and O–H groups in total. The third-order valence-corrected chi connectivity index (χ3v) is 4.21. The number of hydrogen-bond donors (Lipinski definition) is 2. The van der Waals surface area contributed by atoms with Gasteiger partial charge in [-0.1, -0.05) is 30.3 Å². The van der Waals surface area contributed by atoms with Crippen LogP contribution < -0.4 is 20.5 Å². The van der Waals surface area contributed by atoms with E-state index in [0.717, 1.165) is 18.6 Å². The van der Waals surface area contributed by atoms with E-state index in [1.165, 1.54) is 0 Å². The van der Waals surface area contributed by atoms with Crippen molar-refractivity contribution in [2.75, 3.05) is 19.8 Å². The molecule has 1 fully saturated rings. The summed E-state index contributed by atoms with van der Waals surface area (Å²) in [6.45, 7) is 1.27. The molecule has 0 bridgehead atoms. The highest BCUT2D eigenvalue weighted by molar-refractivity contribution is 5.96. The van der Waals surface area contributed by atoms with Gasteiger partial charge in [-0.3, -0.25) is 4.79 Å². The van der Waals surface area contributed by atoms with E-state index in [0.29, 0.717) is 37.0 Å². The molecule has 0 radical (unpaired) electrons. The first-order valence-electron chi connectivity index (χ1n) is 8.67. The molecular weight excluding hydrogens is 352 g/mol. The first-order valence-corrected chi connectivity index (χ1v) is 8.67. The van der Waals surface area contributed by atoms with Gasteiger partial charge in [0.2, 0.25) is 0 Å². The Labute approximate surface area is 160 Å². The van der Waals surface area contributed by atoms with Gasteiger partial charge >= 0.3 is 0 Å². The Morgan fingerprint density at radius 1 is 1.04 bits per heavy atom. The van der Waals surface area contributed by atoms with Crippen LogP contribution in [-0.2, 0) is 0 Å². The first kappa shape index (κ1) is 20.1. The van der Waals surface area contributed by atoms with Crippen molar-refractivity contribution in [3.63, 3.8) is 0 Å². The van der Waals surface area contributed by atoms with Gasteiger partial charge in [0, 0.05) is 12.6 Å². The van der Waals surface area contributed by atoms with Crippen molar-refractivity contribution in [3.8, 4) is 11.5 Å². The highest BCUT2D eigenvalue weighted by Gasteiger charge is 2.28. The van der Waals surface area contributed by atoms with Crippen LogP contribution in [0.5, 0.6) is 11.5 Å². The summed E-state index contributed by atoms with van der Waals surface area (Å²) in [4.78, 5) is 12.4. The van der Waals surface area contributed by atoms with Gasteiger partial charge in [0.05, 0.1) is 5.56 Å². The lowest BCUT2D eigenvalue weighted by Crippen LogP contribution is -2.38. The molecule has 1 unspecified atom stereocenters. The van der Waals surface area contributed by atoms with Gasteiger partial charge in [-0.2, -0.15) is 0 Å². The molecule has 6 heteroatoms. The largest absolute Gasteiger partial charge is 0.490 e. The minimum atomic E-state index is -0.157. The minimum Gasteiger partial charge on any atom is -0.490 e. The standard InChI is InChI=1S/C20H24N2O3.ClH/c21-18(15-10-11-15)14-22-20(23)17-8-4-5-9-19(17)25-13-12-24-16-6-2-1-3-7-16;/h1-9,15,18H,10-14,21H2,(H,22,23);1H. The van der Waals surface area contributed by atoms with Gasteiger partial charge in [0.25, 0.3) is 5.91 Å². The Kier molecular flexibility index (Phi) is 7.75. The molecule has 0 spiro atoms. The lowest BCUT2D eigenvalue weighted by Gasteiger charge is -2.14. The number of halogens is 1. The Balaban J connectivity index is 0.00000243. The zero-order valence-electron chi connectivity index (χ0n) is 14.6. The van der Waals surface area contributed by atoms with Crippen LogP contribution in [0.25, 0.3) is 0 Å². The number of nitrogens with two attached hydrogens (primary N) is 1. The first-order chi connectivity index (χ1) is 12.2. The van der Waals surface area contributed by atoms with Crippen molar-refractivity contribution < 1.29 is 14.3 Å². The molecule has 2 aromatic rings. The SMILES string of the molecule is Cl.NC(CNC(=O)c1ccccc1OCCOc1ccccc1)C1CC1. The maximum Gasteiger partial charge on any atom is 0.255 e. The fourth-order valence-corrected chi connectivity index (χ4v) is 2.60. The molecule has 1 aliphatic rings. The van der Waals surface area contributed by atoms with Gasteiger partial charge in [-0.15, -0.1) is 12.4 Å². The second kappa shape index (κ2) is 10.0. The Morgan fingerprint density at radius 3 is 2.42 bits per heavy atom. The van der Waals surface area contributed by atoms with Crippen LogP contribution in [0.3, 0.4) is 0 Å². The van der Waals surface area contributed by atoms with Crippen LogP contribution in [0.15, 0.2) is 54.6 Å². The number of carbonyl (C=O) groups is 1. The maximum atomic E-state index is 12.4. The molecule has 1 saturated carbocycles. The van der Waals surface area contributed by atoms with Gasteiger partial charge in [0.1, 0.15) is 24.7 Å². The van der Waals surface area contributed by atoms with Gasteiger partial charge < -0.3 is 20.5 Å². The molecule has 3 rings (SSSR count). The molecule has 5 nitrogen and oxygen atoms in total. The van der Waals surface area contributed by atoms with E-state index in [-0.39, 0.29) is 24.4 Å². The average Bonchev–Trinajstić information content (AvgIpc) is 3.49. The molecule has 2 aromatic carbocycles. The van der Waals surface area contributed by atoms with Crippen molar-refractivity contribution in [1.29, 1.82) is 0 Å². The molecule has 1 atom stereocenters. The van der Waals surface area contributed by atoms with E-state index in [1.807, 2.05) is 42.5 Å². The molecule has 0 aromatic heterocycles. The third-order valence-electron chi connectivity index (χ3n) is 4.21. The summed E-state index contributed by atoms with van der Waals surface area (Å²) in [7, 11) is 0. The number of carbonyl (C=O) groups excluding carboxylic acids is 1. The predicted molar refractivity (Wildman–Crippen MR) is 104 cm³/mol. The summed E-state index contributed by atoms with van der Waals surface area (Å²) in [5, 5.41) is 2.90. The fourth-order valence-electron chi connectivity index (χ4n) is 2.60. The van der Waals surface area contributed by atoms with Crippen LogP contribution in [0.4, 0.5) is 0 Å². The van der Waals surface area contributed by atoms with Gasteiger partial charge in [-0.25, -0.2) is 0 Å². The van der Waals surface area contributed by atoms with E-state index in [4.69, 9.17) is 15.2 Å². The van der Waals surface area contributed by atoms with Gasteiger partial charge in [0.15, 0.2) is 0 Å². The topological polar surface area (TPSA) is 73.6 Å². The molecular formula is C20H25ClN2O3. The number of nitrogens with one attached hydrogen (secondary N) is 1. The Hall–Kier alpha value is -2.24.